The molecule has 4 atom stereocenters. The van der Waals surface area contributed by atoms with Gasteiger partial charge in [-0.3, -0.25) is 0 Å². The first kappa shape index (κ1) is 30.1. The molecule has 0 aromatic carbocycles. The van der Waals surface area contributed by atoms with Gasteiger partial charge in [-0.05, 0) is 81.0 Å². The molecule has 4 rings (SSSR count). The molecular weight excluding hydrogens is 494 g/mol. The van der Waals surface area contributed by atoms with E-state index in [0.717, 1.165) is 83.5 Å². The molecule has 5 nitrogen and oxygen atoms in total. The highest BCUT2D eigenvalue weighted by molar-refractivity contribution is 7.89. The molecule has 4 aliphatic carbocycles. The van der Waals surface area contributed by atoms with Crippen molar-refractivity contribution in [2.24, 2.45) is 28.6 Å². The average Bonchev–Trinajstić information content (AvgIpc) is 3.19. The number of sulfonamides is 1. The smallest absolute Gasteiger partial charge is 0.330 e. The number of esters is 1. The van der Waals surface area contributed by atoms with E-state index < -0.39 is 15.4 Å². The van der Waals surface area contributed by atoms with E-state index in [1.165, 1.54) is 12.8 Å². The second-order valence-electron chi connectivity index (χ2n) is 14.3. The van der Waals surface area contributed by atoms with Gasteiger partial charge in [0, 0.05) is 23.6 Å². The third-order valence-corrected chi connectivity index (χ3v) is 13.0. The molecule has 0 N–H and O–H groups in total. The number of fused-ring (bicyclic) bond motifs is 2. The van der Waals surface area contributed by atoms with Crippen LogP contribution < -0.4 is 0 Å². The van der Waals surface area contributed by atoms with Crippen LogP contribution in [0.1, 0.15) is 131 Å². The van der Waals surface area contributed by atoms with Crippen LogP contribution in [0.15, 0.2) is 12.2 Å². The third kappa shape index (κ3) is 6.37. The summed E-state index contributed by atoms with van der Waals surface area (Å²) in [6, 6.07) is 0.290. The predicted molar refractivity (Wildman–Crippen MR) is 155 cm³/mol. The maximum atomic E-state index is 14.5. The van der Waals surface area contributed by atoms with Gasteiger partial charge >= 0.3 is 5.97 Å². The van der Waals surface area contributed by atoms with Gasteiger partial charge < -0.3 is 4.74 Å². The minimum atomic E-state index is -3.50. The fraction of sp³-hybridized carbons (Fsp3) is 0.906. The number of allylic oxidation sites excluding steroid dienone is 1. The SMILES string of the molecule is CC(C)C[C@@H](C)C/C=C/C(=O)O[C@H]1C[C@@H]2CC[C@@]1(CS(=O)(=O)N(C1CCCCC1)C1CCCCC1)C2(C)C. The Morgan fingerprint density at radius 3 is 2.05 bits per heavy atom. The molecule has 0 heterocycles. The standard InChI is InChI=1S/C32H55NO4S/c1-24(2)21-25(3)13-12-18-30(34)37-29-22-26-19-20-32(29,31(26,4)5)23-38(35,36)33(27-14-8-6-9-15-27)28-16-10-7-11-17-28/h12,18,24-29H,6-11,13-17,19-23H2,1-5H3/b18-12+/t25-,26-,29-,32-/m0/s1. The fourth-order valence-electron chi connectivity index (χ4n) is 8.81. The molecule has 2 bridgehead atoms. The predicted octanol–water partition coefficient (Wildman–Crippen LogP) is 7.65. The van der Waals surface area contributed by atoms with Gasteiger partial charge in [0.15, 0.2) is 0 Å². The van der Waals surface area contributed by atoms with Gasteiger partial charge in [-0.2, -0.15) is 4.31 Å². The van der Waals surface area contributed by atoms with Crippen LogP contribution in [0, 0.1) is 28.6 Å². The zero-order valence-corrected chi connectivity index (χ0v) is 25.7. The molecule has 0 aromatic heterocycles. The number of ether oxygens (including phenoxy) is 1. The summed E-state index contributed by atoms with van der Waals surface area (Å²) in [5.41, 5.74) is -0.669. The number of hydrogen-bond donors (Lipinski definition) is 0. The first-order valence-corrected chi connectivity index (χ1v) is 17.5. The van der Waals surface area contributed by atoms with Gasteiger partial charge in [0.05, 0.1) is 5.75 Å². The first-order chi connectivity index (χ1) is 18.0. The van der Waals surface area contributed by atoms with E-state index in [0.29, 0.717) is 17.8 Å². The molecule has 0 saturated heterocycles. The normalized spacial score (nSPS) is 31.4. The van der Waals surface area contributed by atoms with Crippen molar-refractivity contribution >= 4 is 16.0 Å². The Bertz CT molecular complexity index is 911. The van der Waals surface area contributed by atoms with Crippen LogP contribution >= 0.6 is 0 Å². The second kappa shape index (κ2) is 12.3. The molecule has 0 amide bonds. The van der Waals surface area contributed by atoms with Crippen molar-refractivity contribution in [3.8, 4) is 0 Å². The molecule has 218 valence electrons. The Labute approximate surface area is 233 Å². The van der Waals surface area contributed by atoms with Crippen LogP contribution in [-0.2, 0) is 19.6 Å². The third-order valence-electron chi connectivity index (χ3n) is 10.9. The Kier molecular flexibility index (Phi) is 9.76. The summed E-state index contributed by atoms with van der Waals surface area (Å²) in [5, 5.41) is 0. The van der Waals surface area contributed by atoms with Crippen molar-refractivity contribution in [1.82, 2.24) is 4.31 Å². The minimum absolute atomic E-state index is 0.129. The molecule has 0 aromatic rings. The second-order valence-corrected chi connectivity index (χ2v) is 16.2. The topological polar surface area (TPSA) is 63.7 Å². The highest BCUT2D eigenvalue weighted by Gasteiger charge is 2.67. The van der Waals surface area contributed by atoms with E-state index in [1.54, 1.807) is 6.08 Å². The quantitative estimate of drug-likeness (QED) is 0.196. The summed E-state index contributed by atoms with van der Waals surface area (Å²) in [4.78, 5) is 13.0. The van der Waals surface area contributed by atoms with Gasteiger partial charge in [0.25, 0.3) is 0 Å². The lowest BCUT2D eigenvalue weighted by Gasteiger charge is -2.46. The molecule has 4 fully saturated rings. The van der Waals surface area contributed by atoms with E-state index in [4.69, 9.17) is 4.74 Å². The molecule has 0 aliphatic heterocycles. The van der Waals surface area contributed by atoms with Crippen LogP contribution in [0.5, 0.6) is 0 Å². The monoisotopic (exact) mass is 549 g/mol. The van der Waals surface area contributed by atoms with Gasteiger partial charge in [-0.1, -0.05) is 79.2 Å². The Balaban J connectivity index is 1.53. The highest BCUT2D eigenvalue weighted by atomic mass is 32.2. The molecule has 4 saturated carbocycles. The summed E-state index contributed by atoms with van der Waals surface area (Å²) in [6.07, 6.45) is 18.8. The van der Waals surface area contributed by atoms with Crippen molar-refractivity contribution in [3.05, 3.63) is 12.2 Å². The minimum Gasteiger partial charge on any atom is -0.459 e. The number of nitrogens with zero attached hydrogens (tertiary/aromatic N) is 1. The number of hydrogen-bond acceptors (Lipinski definition) is 4. The first-order valence-electron chi connectivity index (χ1n) is 15.8. The molecule has 0 spiro atoms. The van der Waals surface area contributed by atoms with Crippen molar-refractivity contribution in [1.29, 1.82) is 0 Å². The fourth-order valence-corrected chi connectivity index (χ4v) is 11.6. The Morgan fingerprint density at radius 2 is 1.53 bits per heavy atom. The molecule has 0 unspecified atom stereocenters. The van der Waals surface area contributed by atoms with E-state index in [-0.39, 0.29) is 35.3 Å². The Hall–Kier alpha value is -0.880. The summed E-state index contributed by atoms with van der Waals surface area (Å²) in [7, 11) is -3.50. The number of carbonyl (C=O) groups excluding carboxylic acids is 1. The summed E-state index contributed by atoms with van der Waals surface area (Å²) < 4.78 is 37.2. The van der Waals surface area contributed by atoms with Crippen molar-refractivity contribution < 1.29 is 17.9 Å². The van der Waals surface area contributed by atoms with Crippen LogP contribution in [0.3, 0.4) is 0 Å². The number of carbonyl (C=O) groups is 1. The van der Waals surface area contributed by atoms with Crippen LogP contribution in [0.4, 0.5) is 0 Å². The zero-order valence-electron chi connectivity index (χ0n) is 24.9. The largest absolute Gasteiger partial charge is 0.459 e. The van der Waals surface area contributed by atoms with Crippen LogP contribution in [-0.4, -0.2) is 42.6 Å². The van der Waals surface area contributed by atoms with Crippen molar-refractivity contribution in [2.75, 3.05) is 5.75 Å². The highest BCUT2D eigenvalue weighted by Crippen LogP contribution is 2.67. The Morgan fingerprint density at radius 1 is 0.947 bits per heavy atom. The molecule has 4 aliphatic rings. The lowest BCUT2D eigenvalue weighted by molar-refractivity contribution is -0.150. The van der Waals surface area contributed by atoms with E-state index >= 15 is 0 Å². The maximum Gasteiger partial charge on any atom is 0.330 e. The maximum absolute atomic E-state index is 14.5. The van der Waals surface area contributed by atoms with Crippen LogP contribution in [0.25, 0.3) is 0 Å². The van der Waals surface area contributed by atoms with E-state index in [9.17, 15) is 13.2 Å². The molecular formula is C32H55NO4S. The average molecular weight is 550 g/mol. The molecule has 6 heteroatoms. The summed E-state index contributed by atoms with van der Waals surface area (Å²) in [5.74, 6) is 1.41. The summed E-state index contributed by atoms with van der Waals surface area (Å²) >= 11 is 0. The van der Waals surface area contributed by atoms with Gasteiger partial charge in [0.1, 0.15) is 6.10 Å². The summed E-state index contributed by atoms with van der Waals surface area (Å²) in [6.45, 7) is 11.1. The number of rotatable bonds is 11. The molecule has 38 heavy (non-hydrogen) atoms. The van der Waals surface area contributed by atoms with E-state index in [2.05, 4.69) is 34.6 Å². The van der Waals surface area contributed by atoms with Gasteiger partial charge in [0.2, 0.25) is 10.0 Å². The molecule has 0 radical (unpaired) electrons. The van der Waals surface area contributed by atoms with Crippen molar-refractivity contribution in [3.63, 3.8) is 0 Å². The van der Waals surface area contributed by atoms with Gasteiger partial charge in [-0.25, -0.2) is 13.2 Å². The van der Waals surface area contributed by atoms with E-state index in [1.807, 2.05) is 10.4 Å². The lowest BCUT2D eigenvalue weighted by Crippen LogP contribution is -2.54. The van der Waals surface area contributed by atoms with Crippen LogP contribution in [0.2, 0.25) is 0 Å². The van der Waals surface area contributed by atoms with Crippen molar-refractivity contribution in [2.45, 2.75) is 149 Å². The lowest BCUT2D eigenvalue weighted by atomic mass is 9.69. The zero-order chi connectivity index (χ0) is 27.6. The van der Waals surface area contributed by atoms with Gasteiger partial charge in [-0.15, -0.1) is 0 Å².